The van der Waals surface area contributed by atoms with Gasteiger partial charge in [-0.05, 0) is 19.9 Å². The number of hydrogen-bond acceptors (Lipinski definition) is 2. The first kappa shape index (κ1) is 11.9. The van der Waals surface area contributed by atoms with Crippen LogP contribution in [0.2, 0.25) is 0 Å². The highest BCUT2D eigenvalue weighted by Crippen LogP contribution is 2.38. The Labute approximate surface area is 95.5 Å². The summed E-state index contributed by atoms with van der Waals surface area (Å²) >= 11 is 0. The Balaban J connectivity index is 2.60. The van der Waals surface area contributed by atoms with Crippen LogP contribution in [-0.2, 0) is 5.60 Å². The van der Waals surface area contributed by atoms with Gasteiger partial charge < -0.3 is 9.51 Å². The minimum Gasteiger partial charge on any atom is -0.376 e. The van der Waals surface area contributed by atoms with Crippen LogP contribution in [0.25, 0.3) is 5.65 Å². The van der Waals surface area contributed by atoms with Crippen molar-refractivity contribution < 1.29 is 18.3 Å². The summed E-state index contributed by atoms with van der Waals surface area (Å²) < 4.78 is 39.5. The lowest BCUT2D eigenvalue weighted by Crippen LogP contribution is -2.39. The highest BCUT2D eigenvalue weighted by Gasteiger charge is 2.51. The normalized spacial score (nSPS) is 16.1. The predicted octanol–water partition coefficient (Wildman–Crippen LogP) is 2.41. The number of halogens is 3. The first-order valence-electron chi connectivity index (χ1n) is 4.97. The van der Waals surface area contributed by atoms with Crippen molar-refractivity contribution in [2.45, 2.75) is 25.6 Å². The van der Waals surface area contributed by atoms with E-state index >= 15 is 0 Å². The smallest absolute Gasteiger partial charge is 0.376 e. The van der Waals surface area contributed by atoms with Crippen LogP contribution < -0.4 is 0 Å². The molecule has 1 unspecified atom stereocenters. The monoisotopic (exact) mass is 244 g/mol. The molecule has 3 nitrogen and oxygen atoms in total. The zero-order valence-electron chi connectivity index (χ0n) is 9.28. The zero-order valence-corrected chi connectivity index (χ0v) is 9.28. The van der Waals surface area contributed by atoms with Crippen molar-refractivity contribution in [1.29, 1.82) is 0 Å². The third-order valence-electron chi connectivity index (χ3n) is 2.80. The summed E-state index contributed by atoms with van der Waals surface area (Å²) in [7, 11) is 0. The van der Waals surface area contributed by atoms with Crippen LogP contribution in [0.3, 0.4) is 0 Å². The molecule has 0 amide bonds. The number of aryl methyl sites for hydroxylation is 1. The van der Waals surface area contributed by atoms with Crippen molar-refractivity contribution in [2.75, 3.05) is 0 Å². The summed E-state index contributed by atoms with van der Waals surface area (Å²) in [6.45, 7) is 2.46. The van der Waals surface area contributed by atoms with Gasteiger partial charge in [0.05, 0.1) is 0 Å². The maximum Gasteiger partial charge on any atom is 0.421 e. The quantitative estimate of drug-likeness (QED) is 0.836. The molecule has 92 valence electrons. The number of imidazole rings is 1. The van der Waals surface area contributed by atoms with E-state index in [0.29, 0.717) is 11.3 Å². The summed E-state index contributed by atoms with van der Waals surface area (Å²) in [6, 6.07) is 2.68. The molecule has 0 fully saturated rings. The molecular weight excluding hydrogens is 233 g/mol. The fourth-order valence-corrected chi connectivity index (χ4v) is 1.55. The molecule has 1 N–H and O–H groups in total. The Kier molecular flexibility index (Phi) is 2.43. The van der Waals surface area contributed by atoms with Crippen molar-refractivity contribution >= 4 is 5.65 Å². The Morgan fingerprint density at radius 1 is 1.29 bits per heavy atom. The second-order valence-corrected chi connectivity index (χ2v) is 4.12. The minimum absolute atomic E-state index is 0.210. The molecule has 17 heavy (non-hydrogen) atoms. The highest BCUT2D eigenvalue weighted by molar-refractivity contribution is 5.42. The fourth-order valence-electron chi connectivity index (χ4n) is 1.55. The van der Waals surface area contributed by atoms with Gasteiger partial charge in [0.1, 0.15) is 5.65 Å². The molecule has 0 saturated heterocycles. The Morgan fingerprint density at radius 2 is 1.94 bits per heavy atom. The number of hydrogen-bond donors (Lipinski definition) is 1. The maximum atomic E-state index is 12.7. The fraction of sp³-hybridized carbons (Fsp3) is 0.364. The molecule has 0 aliphatic rings. The van der Waals surface area contributed by atoms with E-state index in [1.54, 1.807) is 13.1 Å². The predicted molar refractivity (Wildman–Crippen MR) is 55.6 cm³/mol. The van der Waals surface area contributed by atoms with Crippen LogP contribution in [0.5, 0.6) is 0 Å². The van der Waals surface area contributed by atoms with Crippen molar-refractivity contribution in [3.63, 3.8) is 0 Å². The molecule has 6 heteroatoms. The zero-order chi connectivity index (χ0) is 12.8. The first-order chi connectivity index (χ1) is 7.73. The molecule has 0 bridgehead atoms. The Hall–Kier alpha value is -1.56. The van der Waals surface area contributed by atoms with Gasteiger partial charge in [0, 0.05) is 23.7 Å². The van der Waals surface area contributed by atoms with Crippen LogP contribution in [0.1, 0.15) is 18.2 Å². The highest BCUT2D eigenvalue weighted by atomic mass is 19.4. The van der Waals surface area contributed by atoms with Gasteiger partial charge in [0.15, 0.2) is 5.60 Å². The van der Waals surface area contributed by atoms with E-state index in [-0.39, 0.29) is 5.56 Å². The molecular formula is C11H11F3N2O. The molecule has 2 heterocycles. The van der Waals surface area contributed by atoms with Crippen molar-refractivity contribution in [2.24, 2.45) is 0 Å². The van der Waals surface area contributed by atoms with E-state index in [0.717, 1.165) is 6.92 Å². The summed E-state index contributed by atoms with van der Waals surface area (Å²) in [4.78, 5) is 4.00. The minimum atomic E-state index is -4.71. The van der Waals surface area contributed by atoms with Crippen molar-refractivity contribution in [3.05, 3.63) is 35.8 Å². The summed E-state index contributed by atoms with van der Waals surface area (Å²) in [5, 5.41) is 9.55. The molecule has 2 aromatic heterocycles. The van der Waals surface area contributed by atoms with Crippen LogP contribution in [0.15, 0.2) is 24.5 Å². The average Bonchev–Trinajstić information content (AvgIpc) is 2.58. The number of pyridine rings is 1. The molecule has 0 saturated carbocycles. The van der Waals surface area contributed by atoms with Crippen molar-refractivity contribution in [1.82, 2.24) is 9.38 Å². The van der Waals surface area contributed by atoms with Gasteiger partial charge in [-0.25, -0.2) is 4.98 Å². The Morgan fingerprint density at radius 3 is 2.53 bits per heavy atom. The molecule has 0 spiro atoms. The average molecular weight is 244 g/mol. The molecule has 0 aliphatic carbocycles. The van der Waals surface area contributed by atoms with E-state index in [9.17, 15) is 18.3 Å². The third kappa shape index (κ3) is 1.78. The Bertz CT molecular complexity index is 557. The van der Waals surface area contributed by atoms with Gasteiger partial charge >= 0.3 is 6.18 Å². The molecule has 0 aromatic carbocycles. The lowest BCUT2D eigenvalue weighted by Gasteiger charge is -2.26. The standard InChI is InChI=1S/C11H11F3N2O/c1-7-5-15-9-4-3-8(6-16(7)9)10(2,17)11(12,13)14/h3-6,17H,1-2H3. The van der Waals surface area contributed by atoms with Gasteiger partial charge in [-0.3, -0.25) is 0 Å². The van der Waals surface area contributed by atoms with Gasteiger partial charge in [-0.1, -0.05) is 6.07 Å². The van der Waals surface area contributed by atoms with Crippen LogP contribution >= 0.6 is 0 Å². The maximum absolute atomic E-state index is 12.7. The van der Waals surface area contributed by atoms with E-state index in [2.05, 4.69) is 4.98 Å². The van der Waals surface area contributed by atoms with E-state index in [1.807, 2.05) is 0 Å². The molecule has 2 aromatic rings. The van der Waals surface area contributed by atoms with Crippen LogP contribution in [0, 0.1) is 6.92 Å². The number of nitrogens with zero attached hydrogens (tertiary/aromatic N) is 2. The SMILES string of the molecule is Cc1cnc2ccc(C(C)(O)C(F)(F)F)cn12. The molecule has 1 atom stereocenters. The van der Waals surface area contributed by atoms with Gasteiger partial charge in [0.25, 0.3) is 0 Å². The van der Waals surface area contributed by atoms with E-state index in [4.69, 9.17) is 0 Å². The number of alkyl halides is 3. The van der Waals surface area contributed by atoms with Gasteiger partial charge in [0.2, 0.25) is 0 Å². The molecule has 0 radical (unpaired) electrons. The topological polar surface area (TPSA) is 37.5 Å². The van der Waals surface area contributed by atoms with E-state index in [1.165, 1.54) is 22.7 Å². The molecule has 2 rings (SSSR count). The number of rotatable bonds is 1. The van der Waals surface area contributed by atoms with Gasteiger partial charge in [-0.2, -0.15) is 13.2 Å². The lowest BCUT2D eigenvalue weighted by molar-refractivity contribution is -0.259. The summed E-state index contributed by atoms with van der Waals surface area (Å²) in [5.74, 6) is 0. The summed E-state index contributed by atoms with van der Waals surface area (Å²) in [6.07, 6.45) is -1.90. The molecule has 0 aliphatic heterocycles. The lowest BCUT2D eigenvalue weighted by atomic mass is 9.97. The van der Waals surface area contributed by atoms with Crippen molar-refractivity contribution in [3.8, 4) is 0 Å². The van der Waals surface area contributed by atoms with Gasteiger partial charge in [-0.15, -0.1) is 0 Å². The third-order valence-corrected chi connectivity index (χ3v) is 2.80. The second-order valence-electron chi connectivity index (χ2n) is 4.12. The number of fused-ring (bicyclic) bond motifs is 1. The van der Waals surface area contributed by atoms with E-state index < -0.39 is 11.8 Å². The number of aromatic nitrogens is 2. The van der Waals surface area contributed by atoms with Crippen LogP contribution in [-0.4, -0.2) is 20.7 Å². The summed E-state index contributed by atoms with van der Waals surface area (Å²) in [5.41, 5.74) is -1.82. The second kappa shape index (κ2) is 3.46. The largest absolute Gasteiger partial charge is 0.421 e. The number of aliphatic hydroxyl groups is 1. The van der Waals surface area contributed by atoms with Crippen LogP contribution in [0.4, 0.5) is 13.2 Å². The first-order valence-corrected chi connectivity index (χ1v) is 4.97.